The van der Waals surface area contributed by atoms with Crippen LogP contribution < -0.4 is 0 Å². The lowest BCUT2D eigenvalue weighted by molar-refractivity contribution is 0.576. The van der Waals surface area contributed by atoms with Gasteiger partial charge in [-0.15, -0.1) is 0 Å². The van der Waals surface area contributed by atoms with E-state index in [2.05, 4.69) is 64.6 Å². The lowest BCUT2D eigenvalue weighted by Crippen LogP contribution is -2.02. The Labute approximate surface area is 115 Å². The maximum absolute atomic E-state index is 4.61. The van der Waals surface area contributed by atoms with Crippen LogP contribution in [0.1, 0.15) is 23.7 Å². The summed E-state index contributed by atoms with van der Waals surface area (Å²) in [6, 6.07) is 6.73. The summed E-state index contributed by atoms with van der Waals surface area (Å²) in [6.45, 7) is 4.47. The van der Waals surface area contributed by atoms with Gasteiger partial charge in [0.2, 0.25) is 0 Å². The molecule has 17 heavy (non-hydrogen) atoms. The normalized spacial score (nSPS) is 18.4. The van der Waals surface area contributed by atoms with E-state index in [4.69, 9.17) is 0 Å². The fourth-order valence-corrected chi connectivity index (χ4v) is 3.22. The Kier molecular flexibility index (Phi) is 2.73. The minimum atomic E-state index is 0.663. The Morgan fingerprint density at radius 1 is 1.35 bits per heavy atom. The largest absolute Gasteiger partial charge is 0.333 e. The molecular formula is C14H15IN2. The lowest BCUT2D eigenvalue weighted by atomic mass is 9.96. The fourth-order valence-electron chi connectivity index (χ4n) is 2.66. The number of aromatic amines is 1. The van der Waals surface area contributed by atoms with Gasteiger partial charge in [-0.05, 0) is 53.8 Å². The first-order valence-corrected chi connectivity index (χ1v) is 7.05. The zero-order chi connectivity index (χ0) is 12.0. The van der Waals surface area contributed by atoms with Gasteiger partial charge in [-0.2, -0.15) is 0 Å². The van der Waals surface area contributed by atoms with Crippen LogP contribution in [0.25, 0.3) is 11.3 Å². The van der Waals surface area contributed by atoms with Gasteiger partial charge in [0.25, 0.3) is 0 Å². The minimum absolute atomic E-state index is 0.663. The van der Waals surface area contributed by atoms with E-state index in [-0.39, 0.29) is 0 Å². The number of nitrogens with one attached hydrogen (secondary N) is 1. The van der Waals surface area contributed by atoms with E-state index in [0.717, 1.165) is 16.7 Å². The summed E-state index contributed by atoms with van der Waals surface area (Å²) >= 11 is 2.26. The van der Waals surface area contributed by atoms with Crippen molar-refractivity contribution in [1.82, 2.24) is 9.97 Å². The zero-order valence-corrected chi connectivity index (χ0v) is 12.2. The quantitative estimate of drug-likeness (QED) is 0.729. The minimum Gasteiger partial charge on any atom is -0.333 e. The van der Waals surface area contributed by atoms with Crippen LogP contribution >= 0.6 is 22.6 Å². The molecule has 1 heterocycles. The van der Waals surface area contributed by atoms with Gasteiger partial charge < -0.3 is 4.98 Å². The fraction of sp³-hybridized carbons (Fsp3) is 0.357. The highest BCUT2D eigenvalue weighted by atomic mass is 127. The number of halogens is 1. The Morgan fingerprint density at radius 2 is 2.18 bits per heavy atom. The molecule has 3 rings (SSSR count). The molecule has 0 spiro atoms. The molecule has 2 nitrogen and oxygen atoms in total. The molecule has 0 saturated carbocycles. The topological polar surface area (TPSA) is 28.7 Å². The number of hydrogen-bond acceptors (Lipinski definition) is 1. The molecule has 0 radical (unpaired) electrons. The summed E-state index contributed by atoms with van der Waals surface area (Å²) in [5.41, 5.74) is 6.59. The Morgan fingerprint density at radius 3 is 3.00 bits per heavy atom. The van der Waals surface area contributed by atoms with Crippen molar-refractivity contribution in [3.8, 4) is 11.3 Å². The van der Waals surface area contributed by atoms with Gasteiger partial charge in [-0.25, -0.2) is 4.98 Å². The van der Waals surface area contributed by atoms with Crippen molar-refractivity contribution in [3.63, 3.8) is 0 Å². The summed E-state index contributed by atoms with van der Waals surface area (Å²) in [5.74, 6) is 0.663. The first kappa shape index (κ1) is 11.3. The molecule has 0 aliphatic heterocycles. The van der Waals surface area contributed by atoms with Crippen molar-refractivity contribution in [3.05, 3.63) is 38.9 Å². The maximum atomic E-state index is 4.61. The van der Waals surface area contributed by atoms with Crippen molar-refractivity contribution in [2.45, 2.75) is 26.7 Å². The molecule has 1 aliphatic carbocycles. The summed E-state index contributed by atoms with van der Waals surface area (Å²) < 4.78 is 0.994. The molecule has 1 aromatic heterocycles. The number of rotatable bonds is 0. The van der Waals surface area contributed by atoms with Gasteiger partial charge in [-0.1, -0.05) is 30.7 Å². The first-order valence-electron chi connectivity index (χ1n) is 5.98. The van der Waals surface area contributed by atoms with E-state index in [0.29, 0.717) is 5.92 Å². The molecule has 0 fully saturated rings. The van der Waals surface area contributed by atoms with Gasteiger partial charge in [0.15, 0.2) is 3.83 Å². The van der Waals surface area contributed by atoms with Crippen LogP contribution in [0.15, 0.2) is 18.2 Å². The third-order valence-corrected chi connectivity index (χ3v) is 3.90. The molecule has 0 bridgehead atoms. The SMILES string of the molecule is Cc1ccc2c(c1)C[C@H](C)Cc1nc(I)[nH]c1-2. The molecule has 1 atom stereocenters. The molecule has 0 amide bonds. The molecule has 1 aliphatic rings. The number of nitrogens with zero attached hydrogens (tertiary/aromatic N) is 1. The number of imidazole rings is 1. The third-order valence-electron chi connectivity index (χ3n) is 3.39. The van der Waals surface area contributed by atoms with Gasteiger partial charge >= 0.3 is 0 Å². The predicted octanol–water partition coefficient (Wildman–Crippen LogP) is 3.72. The van der Waals surface area contributed by atoms with E-state index >= 15 is 0 Å². The molecule has 2 aromatic rings. The number of aromatic nitrogens is 2. The second-order valence-electron chi connectivity index (χ2n) is 5.02. The molecule has 1 N–H and O–H groups in total. The van der Waals surface area contributed by atoms with Crippen LogP contribution in [0.4, 0.5) is 0 Å². The number of aryl methyl sites for hydroxylation is 1. The molecule has 0 unspecified atom stereocenters. The van der Waals surface area contributed by atoms with Crippen LogP contribution in [0, 0.1) is 16.7 Å². The molecular weight excluding hydrogens is 323 g/mol. The lowest BCUT2D eigenvalue weighted by Gasteiger charge is -2.09. The maximum Gasteiger partial charge on any atom is 0.169 e. The van der Waals surface area contributed by atoms with Crippen LogP contribution in [-0.2, 0) is 12.8 Å². The second kappa shape index (κ2) is 4.12. The summed E-state index contributed by atoms with van der Waals surface area (Å²) in [4.78, 5) is 8.02. The van der Waals surface area contributed by atoms with Gasteiger partial charge in [0.05, 0.1) is 11.4 Å². The van der Waals surface area contributed by atoms with Crippen LogP contribution in [-0.4, -0.2) is 9.97 Å². The van der Waals surface area contributed by atoms with Crippen LogP contribution in [0.2, 0.25) is 0 Å². The average molecular weight is 338 g/mol. The summed E-state index contributed by atoms with van der Waals surface area (Å²) in [6.07, 6.45) is 2.22. The third kappa shape index (κ3) is 2.01. The van der Waals surface area contributed by atoms with E-state index < -0.39 is 0 Å². The summed E-state index contributed by atoms with van der Waals surface area (Å²) in [7, 11) is 0. The van der Waals surface area contributed by atoms with Crippen molar-refractivity contribution in [2.75, 3.05) is 0 Å². The Bertz CT molecular complexity index is 572. The zero-order valence-electron chi connectivity index (χ0n) is 10.0. The van der Waals surface area contributed by atoms with Crippen molar-refractivity contribution in [2.24, 2.45) is 5.92 Å². The average Bonchev–Trinajstić information content (AvgIpc) is 2.53. The van der Waals surface area contributed by atoms with Crippen molar-refractivity contribution < 1.29 is 0 Å². The predicted molar refractivity (Wildman–Crippen MR) is 78.0 cm³/mol. The highest BCUT2D eigenvalue weighted by Crippen LogP contribution is 2.33. The van der Waals surface area contributed by atoms with Gasteiger partial charge in [0.1, 0.15) is 0 Å². The highest BCUT2D eigenvalue weighted by Gasteiger charge is 2.21. The number of hydrogen-bond donors (Lipinski definition) is 1. The van der Waals surface area contributed by atoms with E-state index in [9.17, 15) is 0 Å². The van der Waals surface area contributed by atoms with E-state index in [1.165, 1.54) is 28.1 Å². The van der Waals surface area contributed by atoms with E-state index in [1.54, 1.807) is 0 Å². The first-order chi connectivity index (χ1) is 8.13. The van der Waals surface area contributed by atoms with Crippen LogP contribution in [0.3, 0.4) is 0 Å². The number of H-pyrrole nitrogens is 1. The summed E-state index contributed by atoms with van der Waals surface area (Å²) in [5, 5.41) is 0. The van der Waals surface area contributed by atoms with Crippen molar-refractivity contribution in [1.29, 1.82) is 0 Å². The molecule has 3 heteroatoms. The highest BCUT2D eigenvalue weighted by molar-refractivity contribution is 14.1. The van der Waals surface area contributed by atoms with Crippen molar-refractivity contribution >= 4 is 22.6 Å². The molecule has 0 saturated heterocycles. The van der Waals surface area contributed by atoms with Gasteiger partial charge in [0, 0.05) is 5.56 Å². The number of benzene rings is 1. The van der Waals surface area contributed by atoms with Crippen LogP contribution in [0.5, 0.6) is 0 Å². The number of fused-ring (bicyclic) bond motifs is 3. The molecule has 1 aromatic carbocycles. The Hall–Kier alpha value is -0.840. The Balaban J connectivity index is 2.25. The van der Waals surface area contributed by atoms with Gasteiger partial charge in [-0.3, -0.25) is 0 Å². The smallest absolute Gasteiger partial charge is 0.169 e. The molecule has 88 valence electrons. The second-order valence-corrected chi connectivity index (χ2v) is 6.05. The van der Waals surface area contributed by atoms with E-state index in [1.807, 2.05) is 0 Å². The monoisotopic (exact) mass is 338 g/mol. The standard InChI is InChI=1S/C14H15IN2/c1-8-3-4-11-10(5-8)6-9(2)7-12-13(11)17-14(15)16-12/h3-5,9H,6-7H2,1-2H3,(H,16,17)/t9-/m0/s1.